The number of nitrogens with zero attached hydrogens (tertiary/aromatic N) is 7. The number of nitriles is 1. The first kappa shape index (κ1) is 23.1. The van der Waals surface area contributed by atoms with Gasteiger partial charge >= 0.3 is 0 Å². The van der Waals surface area contributed by atoms with Gasteiger partial charge in [0.15, 0.2) is 0 Å². The second-order valence-electron chi connectivity index (χ2n) is 9.95. The lowest BCUT2D eigenvalue weighted by Gasteiger charge is -2.42. The van der Waals surface area contributed by atoms with Gasteiger partial charge in [0.1, 0.15) is 11.9 Å². The second kappa shape index (κ2) is 9.97. The van der Waals surface area contributed by atoms with E-state index in [1.807, 2.05) is 18.3 Å². The van der Waals surface area contributed by atoms with Crippen LogP contribution in [-0.4, -0.2) is 84.4 Å². The Morgan fingerprint density at radius 2 is 1.97 bits per heavy atom. The summed E-state index contributed by atoms with van der Waals surface area (Å²) in [6, 6.07) is 10.2. The van der Waals surface area contributed by atoms with Crippen molar-refractivity contribution in [3.8, 4) is 6.07 Å². The first-order valence-corrected chi connectivity index (χ1v) is 12.9. The van der Waals surface area contributed by atoms with Crippen LogP contribution in [0.25, 0.3) is 10.9 Å². The Morgan fingerprint density at radius 3 is 2.83 bits per heavy atom. The number of pyridine rings is 1. The molecule has 2 fully saturated rings. The molecule has 1 N–H and O–H groups in total. The predicted octanol–water partition coefficient (Wildman–Crippen LogP) is 1.96. The fourth-order valence-corrected chi connectivity index (χ4v) is 5.67. The maximum atomic E-state index is 9.50. The van der Waals surface area contributed by atoms with Crippen LogP contribution in [0.4, 0.5) is 11.5 Å². The molecule has 9 nitrogen and oxygen atoms in total. The summed E-state index contributed by atoms with van der Waals surface area (Å²) >= 11 is 0. The van der Waals surface area contributed by atoms with Crippen LogP contribution in [0, 0.1) is 11.3 Å². The van der Waals surface area contributed by atoms with Gasteiger partial charge in [-0.2, -0.15) is 5.26 Å². The van der Waals surface area contributed by atoms with Crippen LogP contribution in [-0.2, 0) is 17.7 Å². The normalized spacial score (nSPS) is 22.9. The Bertz CT molecular complexity index is 1280. The number of anilines is 2. The quantitative estimate of drug-likeness (QED) is 0.596. The van der Waals surface area contributed by atoms with Gasteiger partial charge in [0, 0.05) is 82.6 Å². The van der Waals surface area contributed by atoms with Crippen molar-refractivity contribution in [2.24, 2.45) is 0 Å². The summed E-state index contributed by atoms with van der Waals surface area (Å²) in [6.07, 6.45) is 4.90. The zero-order chi connectivity index (χ0) is 24.5. The van der Waals surface area contributed by atoms with Crippen LogP contribution in [0.2, 0.25) is 0 Å². The summed E-state index contributed by atoms with van der Waals surface area (Å²) in [6.45, 7) is 10.4. The van der Waals surface area contributed by atoms with Gasteiger partial charge in [0.2, 0.25) is 0 Å². The van der Waals surface area contributed by atoms with Crippen molar-refractivity contribution in [1.29, 1.82) is 5.26 Å². The molecule has 0 radical (unpaired) electrons. The molecular weight excluding hydrogens is 452 g/mol. The number of ether oxygens (including phenoxy) is 1. The van der Waals surface area contributed by atoms with Crippen LogP contribution >= 0.6 is 0 Å². The van der Waals surface area contributed by atoms with E-state index >= 15 is 0 Å². The summed E-state index contributed by atoms with van der Waals surface area (Å²) in [4.78, 5) is 21.3. The lowest BCUT2D eigenvalue weighted by molar-refractivity contribution is -0.0327. The fourth-order valence-electron chi connectivity index (χ4n) is 5.67. The van der Waals surface area contributed by atoms with E-state index in [0.717, 1.165) is 99.1 Å². The minimum Gasteiger partial charge on any atom is -0.370 e. The number of rotatable bonds is 4. The van der Waals surface area contributed by atoms with Crippen molar-refractivity contribution in [3.05, 3.63) is 53.6 Å². The molecule has 5 heterocycles. The van der Waals surface area contributed by atoms with E-state index in [4.69, 9.17) is 9.72 Å². The van der Waals surface area contributed by atoms with E-state index < -0.39 is 0 Å². The fraction of sp³-hybridized carbons (Fsp3) is 0.481. The highest BCUT2D eigenvalue weighted by Gasteiger charge is 2.30. The molecule has 2 aromatic heterocycles. The SMILES string of the molecule is C[C@@H]1CN(c2ccc(C#N)c3ncccc23)C[C@H](CN2CCN(c3cnc4c(n3)CCNC4)CC2)O1. The number of piperazine rings is 1. The summed E-state index contributed by atoms with van der Waals surface area (Å²) in [7, 11) is 0. The monoisotopic (exact) mass is 484 g/mol. The number of hydrogen-bond acceptors (Lipinski definition) is 9. The number of fused-ring (bicyclic) bond motifs is 2. The van der Waals surface area contributed by atoms with Crippen LogP contribution < -0.4 is 15.1 Å². The Kier molecular flexibility index (Phi) is 6.40. The maximum Gasteiger partial charge on any atom is 0.147 e. The lowest BCUT2D eigenvalue weighted by atomic mass is 10.1. The molecule has 6 rings (SSSR count). The van der Waals surface area contributed by atoms with Gasteiger partial charge in [0.05, 0.1) is 40.9 Å². The average molecular weight is 485 g/mol. The molecule has 3 aliphatic heterocycles. The number of benzene rings is 1. The number of morpholine rings is 1. The largest absolute Gasteiger partial charge is 0.370 e. The molecule has 1 aromatic carbocycles. The molecule has 186 valence electrons. The number of nitrogens with one attached hydrogen (secondary N) is 1. The molecule has 2 saturated heterocycles. The highest BCUT2D eigenvalue weighted by atomic mass is 16.5. The van der Waals surface area contributed by atoms with E-state index in [1.54, 1.807) is 6.20 Å². The Balaban J connectivity index is 1.11. The van der Waals surface area contributed by atoms with Crippen molar-refractivity contribution in [3.63, 3.8) is 0 Å². The molecule has 9 heteroatoms. The topological polar surface area (TPSA) is 93.4 Å². The molecule has 36 heavy (non-hydrogen) atoms. The standard InChI is InChI=1S/C27H32N8O/c1-19-16-35(25-5-4-20(13-28)27-22(25)3-2-7-30-27)18-21(36-19)17-33-9-11-34(12-10-33)26-15-31-24-14-29-8-6-23(24)32-26/h2-5,7,15,19,21,29H,6,8-12,14,16-18H2,1H3/t19-,21+/m1/s1. The highest BCUT2D eigenvalue weighted by molar-refractivity contribution is 5.95. The molecule has 3 aromatic rings. The van der Waals surface area contributed by atoms with Crippen molar-refractivity contribution in [2.45, 2.75) is 32.1 Å². The summed E-state index contributed by atoms with van der Waals surface area (Å²) < 4.78 is 6.38. The van der Waals surface area contributed by atoms with Crippen molar-refractivity contribution < 1.29 is 4.74 Å². The van der Waals surface area contributed by atoms with Gasteiger partial charge in [-0.05, 0) is 31.2 Å². The minimum atomic E-state index is 0.124. The van der Waals surface area contributed by atoms with Crippen molar-refractivity contribution >= 4 is 22.4 Å². The molecular formula is C27H32N8O. The third-order valence-corrected chi connectivity index (χ3v) is 7.44. The second-order valence-corrected chi connectivity index (χ2v) is 9.95. The summed E-state index contributed by atoms with van der Waals surface area (Å²) in [5.41, 5.74) is 4.74. The van der Waals surface area contributed by atoms with Crippen LogP contribution in [0.15, 0.2) is 36.7 Å². The first-order valence-electron chi connectivity index (χ1n) is 12.9. The Morgan fingerprint density at radius 1 is 1.08 bits per heavy atom. The number of hydrogen-bond donors (Lipinski definition) is 1. The van der Waals surface area contributed by atoms with Crippen LogP contribution in [0.3, 0.4) is 0 Å². The van der Waals surface area contributed by atoms with Gasteiger partial charge in [-0.3, -0.25) is 14.9 Å². The molecule has 0 unspecified atom stereocenters. The van der Waals surface area contributed by atoms with Crippen molar-refractivity contribution in [2.75, 3.05) is 62.2 Å². The molecule has 2 atom stereocenters. The average Bonchev–Trinajstić information content (AvgIpc) is 2.92. The molecule has 0 bridgehead atoms. The molecule has 0 aliphatic carbocycles. The summed E-state index contributed by atoms with van der Waals surface area (Å²) in [5, 5.41) is 13.9. The van der Waals surface area contributed by atoms with Gasteiger partial charge in [-0.25, -0.2) is 4.98 Å². The first-order chi connectivity index (χ1) is 17.7. The smallest absolute Gasteiger partial charge is 0.147 e. The minimum absolute atomic E-state index is 0.124. The van der Waals surface area contributed by atoms with Crippen molar-refractivity contribution in [1.82, 2.24) is 25.2 Å². The van der Waals surface area contributed by atoms with Gasteiger partial charge < -0.3 is 19.9 Å². The van der Waals surface area contributed by atoms with Crippen LogP contribution in [0.5, 0.6) is 0 Å². The van der Waals surface area contributed by atoms with Crippen LogP contribution in [0.1, 0.15) is 23.9 Å². The highest BCUT2D eigenvalue weighted by Crippen LogP contribution is 2.30. The maximum absolute atomic E-state index is 9.50. The Labute approximate surface area is 211 Å². The van der Waals surface area contributed by atoms with E-state index in [2.05, 4.69) is 55.1 Å². The predicted molar refractivity (Wildman–Crippen MR) is 139 cm³/mol. The zero-order valence-electron chi connectivity index (χ0n) is 20.7. The van der Waals surface area contributed by atoms with E-state index in [-0.39, 0.29) is 12.2 Å². The van der Waals surface area contributed by atoms with E-state index in [1.165, 1.54) is 0 Å². The van der Waals surface area contributed by atoms with Gasteiger partial charge in [-0.15, -0.1) is 0 Å². The molecule has 0 amide bonds. The van der Waals surface area contributed by atoms with Gasteiger partial charge in [-0.1, -0.05) is 0 Å². The van der Waals surface area contributed by atoms with E-state index in [0.29, 0.717) is 5.56 Å². The Hall–Kier alpha value is -3.32. The number of aromatic nitrogens is 3. The molecule has 0 spiro atoms. The molecule has 3 aliphatic rings. The lowest BCUT2D eigenvalue weighted by Crippen LogP contribution is -2.54. The third kappa shape index (κ3) is 4.60. The zero-order valence-corrected chi connectivity index (χ0v) is 20.7. The van der Waals surface area contributed by atoms with E-state index in [9.17, 15) is 5.26 Å². The van der Waals surface area contributed by atoms with Gasteiger partial charge in [0.25, 0.3) is 0 Å². The molecule has 0 saturated carbocycles. The summed E-state index contributed by atoms with van der Waals surface area (Å²) in [5.74, 6) is 1.00. The third-order valence-electron chi connectivity index (χ3n) is 7.44.